The maximum atomic E-state index is 13.5. The number of nitrogens with one attached hydrogen (secondary N) is 1. The molecule has 0 radical (unpaired) electrons. The molecule has 0 aliphatic carbocycles. The summed E-state index contributed by atoms with van der Waals surface area (Å²) in [5, 5.41) is 3.76. The van der Waals surface area contributed by atoms with Crippen molar-refractivity contribution in [3.63, 3.8) is 0 Å². The topological polar surface area (TPSA) is 108 Å². The zero-order valence-electron chi connectivity index (χ0n) is 21.3. The predicted octanol–water partition coefficient (Wildman–Crippen LogP) is 5.60. The molecule has 5 aromatic rings. The van der Waals surface area contributed by atoms with Gasteiger partial charge in [-0.15, -0.1) is 0 Å². The number of nitrogens with zero attached hydrogens (tertiary/aromatic N) is 4. The van der Waals surface area contributed by atoms with Crippen LogP contribution in [0.3, 0.4) is 0 Å². The van der Waals surface area contributed by atoms with Gasteiger partial charge in [-0.2, -0.15) is 4.98 Å². The number of carbonyl (C=O) groups excluding carboxylic acids is 1. The van der Waals surface area contributed by atoms with Gasteiger partial charge >= 0.3 is 0 Å². The molecule has 3 aromatic heterocycles. The number of fused-ring (bicyclic) bond motifs is 1. The molecular weight excluding hydrogens is 514 g/mol. The number of pyridine rings is 1. The average molecular weight is 540 g/mol. The third kappa shape index (κ3) is 5.63. The minimum Gasteiger partial charge on any atom is -0.475 e. The van der Waals surface area contributed by atoms with Gasteiger partial charge in [0.1, 0.15) is 33.8 Å². The standard InChI is InChI=1S/C29H25N5O4S/c1-29(2)37-17-19(38-29)16-36-24-15-23(31-25(34-24)18-9-4-3-5-10-18)26(35)32-21-12-7-6-11-20(21)27-33-22-13-8-14-30-28(22)39-27/h3-15,19H,16-17H2,1-2H3,(H,32,35)/t19-/m1/s1. The summed E-state index contributed by atoms with van der Waals surface area (Å²) in [5.41, 5.74) is 3.15. The van der Waals surface area contributed by atoms with Crippen LogP contribution < -0.4 is 10.1 Å². The van der Waals surface area contributed by atoms with E-state index in [1.165, 1.54) is 17.4 Å². The Labute approximate surface area is 228 Å². The van der Waals surface area contributed by atoms with Crippen molar-refractivity contribution in [2.45, 2.75) is 25.7 Å². The highest BCUT2D eigenvalue weighted by atomic mass is 32.1. The van der Waals surface area contributed by atoms with Gasteiger partial charge in [-0.3, -0.25) is 4.79 Å². The van der Waals surface area contributed by atoms with Crippen LogP contribution in [0.5, 0.6) is 5.88 Å². The lowest BCUT2D eigenvalue weighted by molar-refractivity contribution is -0.141. The van der Waals surface area contributed by atoms with Gasteiger partial charge in [0.2, 0.25) is 5.88 Å². The Morgan fingerprint density at radius 1 is 1.05 bits per heavy atom. The van der Waals surface area contributed by atoms with Crippen LogP contribution in [0.25, 0.3) is 32.3 Å². The molecule has 1 aliphatic rings. The van der Waals surface area contributed by atoms with E-state index < -0.39 is 11.7 Å². The molecule has 196 valence electrons. The van der Waals surface area contributed by atoms with Gasteiger partial charge in [-0.05, 0) is 38.1 Å². The lowest BCUT2D eigenvalue weighted by atomic mass is 10.1. The zero-order valence-corrected chi connectivity index (χ0v) is 22.1. The lowest BCUT2D eigenvalue weighted by Gasteiger charge is -2.17. The number of aromatic nitrogens is 4. The fraction of sp³-hybridized carbons (Fsp3) is 0.207. The van der Waals surface area contributed by atoms with Crippen molar-refractivity contribution in [3.05, 3.63) is 84.7 Å². The van der Waals surface area contributed by atoms with E-state index in [2.05, 4.69) is 20.3 Å². The second-order valence-electron chi connectivity index (χ2n) is 9.39. The Bertz CT molecular complexity index is 1610. The minimum atomic E-state index is -0.660. The fourth-order valence-electron chi connectivity index (χ4n) is 4.21. The highest BCUT2D eigenvalue weighted by Crippen LogP contribution is 2.34. The molecule has 10 heteroatoms. The van der Waals surface area contributed by atoms with Crippen molar-refractivity contribution in [3.8, 4) is 27.8 Å². The Kier molecular flexibility index (Phi) is 6.74. The maximum absolute atomic E-state index is 13.5. The molecule has 1 amide bonds. The summed E-state index contributed by atoms with van der Waals surface area (Å²) in [5.74, 6) is -0.402. The highest BCUT2D eigenvalue weighted by Gasteiger charge is 2.33. The molecule has 6 rings (SSSR count). The number of carbonyl (C=O) groups is 1. The average Bonchev–Trinajstić information content (AvgIpc) is 3.55. The number of amides is 1. The quantitative estimate of drug-likeness (QED) is 0.285. The molecule has 2 aromatic carbocycles. The van der Waals surface area contributed by atoms with Crippen molar-refractivity contribution in [1.29, 1.82) is 0 Å². The van der Waals surface area contributed by atoms with Crippen molar-refractivity contribution >= 4 is 33.3 Å². The molecule has 9 nitrogen and oxygen atoms in total. The van der Waals surface area contributed by atoms with Crippen LogP contribution >= 0.6 is 11.3 Å². The second-order valence-corrected chi connectivity index (χ2v) is 10.4. The first kappa shape index (κ1) is 25.1. The smallest absolute Gasteiger partial charge is 0.274 e. The van der Waals surface area contributed by atoms with Crippen LogP contribution in [0, 0.1) is 0 Å². The SMILES string of the molecule is CC1(C)OC[C@@H](COc2cc(C(=O)Nc3ccccc3-c3nc4cccnc4s3)nc(-c3ccccc3)n2)O1. The summed E-state index contributed by atoms with van der Waals surface area (Å²) in [6, 6.07) is 22.3. The molecule has 1 fully saturated rings. The number of ether oxygens (including phenoxy) is 3. The van der Waals surface area contributed by atoms with Crippen LogP contribution in [0.2, 0.25) is 0 Å². The lowest BCUT2D eigenvalue weighted by Crippen LogP contribution is -2.25. The third-order valence-electron chi connectivity index (χ3n) is 6.02. The molecule has 1 N–H and O–H groups in total. The number of benzene rings is 2. The first-order valence-corrected chi connectivity index (χ1v) is 13.3. The Balaban J connectivity index is 1.29. The van der Waals surface area contributed by atoms with Gasteiger partial charge < -0.3 is 19.5 Å². The molecule has 0 spiro atoms. The molecular formula is C29H25N5O4S. The van der Waals surface area contributed by atoms with Crippen LogP contribution in [0.15, 0.2) is 79.0 Å². The molecule has 0 unspecified atom stereocenters. The van der Waals surface area contributed by atoms with Crippen molar-refractivity contribution in [1.82, 2.24) is 19.9 Å². The first-order valence-electron chi connectivity index (χ1n) is 12.4. The summed E-state index contributed by atoms with van der Waals surface area (Å²) >= 11 is 1.47. The van der Waals surface area contributed by atoms with Gasteiger partial charge in [0.05, 0.1) is 12.3 Å². The summed E-state index contributed by atoms with van der Waals surface area (Å²) in [7, 11) is 0. The zero-order chi connectivity index (χ0) is 26.8. The third-order valence-corrected chi connectivity index (χ3v) is 7.04. The van der Waals surface area contributed by atoms with Crippen LogP contribution in [-0.4, -0.2) is 50.9 Å². The van der Waals surface area contributed by atoms with E-state index in [9.17, 15) is 4.79 Å². The van der Waals surface area contributed by atoms with E-state index in [1.807, 2.05) is 80.6 Å². The number of thiazole rings is 1. The number of hydrogen-bond donors (Lipinski definition) is 1. The van der Waals surface area contributed by atoms with E-state index in [0.717, 1.165) is 26.5 Å². The summed E-state index contributed by atoms with van der Waals surface area (Å²) in [6.45, 7) is 4.35. The normalized spacial score (nSPS) is 16.3. The number of rotatable bonds is 7. The number of para-hydroxylation sites is 1. The monoisotopic (exact) mass is 539 g/mol. The van der Waals surface area contributed by atoms with Crippen molar-refractivity contribution < 1.29 is 19.0 Å². The Hall–Kier alpha value is -4.25. The Morgan fingerprint density at radius 3 is 2.67 bits per heavy atom. The summed E-state index contributed by atoms with van der Waals surface area (Å²) in [6.07, 6.45) is 1.49. The van der Waals surface area contributed by atoms with Crippen LogP contribution in [0.1, 0.15) is 24.3 Å². The van der Waals surface area contributed by atoms with E-state index in [1.54, 1.807) is 6.20 Å². The summed E-state index contributed by atoms with van der Waals surface area (Å²) < 4.78 is 17.4. The molecule has 1 saturated heterocycles. The molecule has 4 heterocycles. The van der Waals surface area contributed by atoms with Crippen LogP contribution in [-0.2, 0) is 9.47 Å². The minimum absolute atomic E-state index is 0.170. The number of anilines is 1. The molecule has 0 bridgehead atoms. The predicted molar refractivity (Wildman–Crippen MR) is 149 cm³/mol. The Morgan fingerprint density at radius 2 is 1.87 bits per heavy atom. The van der Waals surface area contributed by atoms with Crippen molar-refractivity contribution in [2.75, 3.05) is 18.5 Å². The molecule has 1 aliphatic heterocycles. The molecule has 0 saturated carbocycles. The van der Waals surface area contributed by atoms with Crippen molar-refractivity contribution in [2.24, 2.45) is 0 Å². The molecule has 1 atom stereocenters. The highest BCUT2D eigenvalue weighted by molar-refractivity contribution is 7.21. The second kappa shape index (κ2) is 10.5. The van der Waals surface area contributed by atoms with Crippen LogP contribution in [0.4, 0.5) is 5.69 Å². The van der Waals surface area contributed by atoms with E-state index >= 15 is 0 Å². The van der Waals surface area contributed by atoms with Gasteiger partial charge in [0.15, 0.2) is 11.6 Å². The molecule has 39 heavy (non-hydrogen) atoms. The van der Waals surface area contributed by atoms with E-state index in [0.29, 0.717) is 18.1 Å². The van der Waals surface area contributed by atoms with Gasteiger partial charge in [0.25, 0.3) is 5.91 Å². The summed E-state index contributed by atoms with van der Waals surface area (Å²) in [4.78, 5) is 32.6. The number of hydrogen-bond acceptors (Lipinski definition) is 9. The van der Waals surface area contributed by atoms with E-state index in [4.69, 9.17) is 19.2 Å². The van der Waals surface area contributed by atoms with Gasteiger partial charge in [0, 0.05) is 23.4 Å². The van der Waals surface area contributed by atoms with Gasteiger partial charge in [-0.1, -0.05) is 53.8 Å². The largest absolute Gasteiger partial charge is 0.475 e. The fourth-order valence-corrected chi connectivity index (χ4v) is 5.15. The maximum Gasteiger partial charge on any atom is 0.274 e. The van der Waals surface area contributed by atoms with E-state index in [-0.39, 0.29) is 24.3 Å². The van der Waals surface area contributed by atoms with Gasteiger partial charge in [-0.25, -0.2) is 15.0 Å². The first-order chi connectivity index (χ1) is 18.9.